The number of fused-ring (bicyclic) bond motifs is 1. The van der Waals surface area contributed by atoms with Crippen LogP contribution < -0.4 is 59.7 Å². The van der Waals surface area contributed by atoms with E-state index in [2.05, 4.69) is 47.5 Å². The number of amides is 10. The fourth-order valence-electron chi connectivity index (χ4n) is 11.2. The number of carbonyl (C=O) groups is 12. The molecule has 1 aromatic heterocycles. The zero-order chi connectivity index (χ0) is 70.0. The molecule has 0 unspecified atom stereocenters. The largest absolute Gasteiger partial charge is 0.508 e. The Morgan fingerprint density at radius 1 is 0.552 bits per heavy atom. The van der Waals surface area contributed by atoms with Gasteiger partial charge in [-0.1, -0.05) is 125 Å². The van der Waals surface area contributed by atoms with E-state index in [1.807, 2.05) is 20.8 Å². The van der Waals surface area contributed by atoms with Gasteiger partial charge in [0, 0.05) is 49.3 Å². The van der Waals surface area contributed by atoms with Crippen LogP contribution in [-0.2, 0) is 83.2 Å². The average Bonchev–Trinajstić information content (AvgIpc) is 1.58. The Kier molecular flexibility index (Phi) is 28.9. The van der Waals surface area contributed by atoms with E-state index in [0.29, 0.717) is 58.8 Å². The van der Waals surface area contributed by atoms with Gasteiger partial charge in [0.05, 0.1) is 18.9 Å². The molecule has 96 heavy (non-hydrogen) atoms. The first-order chi connectivity index (χ1) is 45.8. The SMILES string of the molecule is CCCC[C@H](N)C(=O)N[C@@H](CCCN)C(=O)N[C@@H](CC(C)C)C(=O)N[C@@H](Cc1ccc(O)cc1)C(=O)N1CCC[C@H]1C(=O)N[C@@H](Cc1ccccc1)C(=O)N[C@@H](Cc1ccccc1)C(=O)N[C@@H](CC(N)=O)C(=O)N[C@@H](CC(=O)O)C(=O)N[C@@H](Cc1c[nH]c2ccccc12)C(=O)O. The van der Waals surface area contributed by atoms with Crippen molar-refractivity contribution in [2.75, 3.05) is 13.1 Å². The number of rotatable bonds is 38. The summed E-state index contributed by atoms with van der Waals surface area (Å²) in [5.74, 6) is -12.4. The molecule has 28 nitrogen and oxygen atoms in total. The molecule has 10 atom stereocenters. The molecule has 516 valence electrons. The second-order valence-corrected chi connectivity index (χ2v) is 24.4. The number of phenols is 1. The van der Waals surface area contributed by atoms with Crippen molar-refractivity contribution in [3.63, 3.8) is 0 Å². The number of H-pyrrole nitrogens is 1. The number of nitrogens with zero attached hydrogens (tertiary/aromatic N) is 1. The van der Waals surface area contributed by atoms with Crippen LogP contribution in [0.25, 0.3) is 10.9 Å². The van der Waals surface area contributed by atoms with Crippen LogP contribution in [0.3, 0.4) is 0 Å². The number of nitrogens with one attached hydrogen (secondary N) is 9. The number of primary amides is 1. The van der Waals surface area contributed by atoms with Crippen LogP contribution in [0.15, 0.2) is 115 Å². The number of carboxylic acid groups (broad SMARTS) is 2. The topological polar surface area (TPSA) is 459 Å². The van der Waals surface area contributed by atoms with Gasteiger partial charge in [0.2, 0.25) is 59.1 Å². The molecule has 1 saturated heterocycles. The minimum Gasteiger partial charge on any atom is -0.508 e. The summed E-state index contributed by atoms with van der Waals surface area (Å²) in [6.07, 6.45) is 1.61. The third-order valence-corrected chi connectivity index (χ3v) is 16.3. The molecular weight excluding hydrogens is 1240 g/mol. The average molecular weight is 1330 g/mol. The lowest BCUT2D eigenvalue weighted by atomic mass is 9.99. The number of para-hydroxylation sites is 1. The lowest BCUT2D eigenvalue weighted by Crippen LogP contribution is -2.61. The maximum atomic E-state index is 15.1. The van der Waals surface area contributed by atoms with Gasteiger partial charge < -0.3 is 84.9 Å². The molecule has 1 fully saturated rings. The van der Waals surface area contributed by atoms with Crippen LogP contribution in [0, 0.1) is 5.92 Å². The number of carboxylic acids is 2. The molecule has 2 heterocycles. The number of unbranched alkanes of at least 4 members (excludes halogenated alkanes) is 1. The van der Waals surface area contributed by atoms with Gasteiger partial charge in [-0.25, -0.2) is 4.79 Å². The fourth-order valence-corrected chi connectivity index (χ4v) is 11.2. The minimum atomic E-state index is -1.96. The zero-order valence-corrected chi connectivity index (χ0v) is 54.1. The van der Waals surface area contributed by atoms with E-state index < -0.39 is 144 Å². The molecule has 10 amide bonds. The van der Waals surface area contributed by atoms with Gasteiger partial charge >= 0.3 is 11.9 Å². The van der Waals surface area contributed by atoms with Gasteiger partial charge in [-0.2, -0.15) is 0 Å². The van der Waals surface area contributed by atoms with E-state index in [1.165, 1.54) is 17.0 Å². The van der Waals surface area contributed by atoms with E-state index in [9.17, 15) is 68.1 Å². The van der Waals surface area contributed by atoms with Gasteiger partial charge in [0.1, 0.15) is 60.1 Å². The number of aromatic nitrogens is 1. The van der Waals surface area contributed by atoms with Crippen molar-refractivity contribution < 1.29 is 72.9 Å². The van der Waals surface area contributed by atoms with Crippen LogP contribution >= 0.6 is 0 Å². The molecule has 0 aliphatic carbocycles. The Morgan fingerprint density at radius 2 is 1.04 bits per heavy atom. The predicted molar refractivity (Wildman–Crippen MR) is 353 cm³/mol. The van der Waals surface area contributed by atoms with Crippen LogP contribution in [0.4, 0.5) is 0 Å². The molecule has 28 heteroatoms. The molecule has 6 rings (SSSR count). The van der Waals surface area contributed by atoms with Gasteiger partial charge in [-0.15, -0.1) is 0 Å². The second kappa shape index (κ2) is 37.0. The van der Waals surface area contributed by atoms with Gasteiger partial charge in [-0.05, 0) is 91.4 Å². The number of benzene rings is 4. The smallest absolute Gasteiger partial charge is 0.326 e. The maximum absolute atomic E-state index is 15.1. The number of aliphatic carboxylic acids is 2. The van der Waals surface area contributed by atoms with E-state index >= 15 is 4.79 Å². The van der Waals surface area contributed by atoms with Crippen molar-refractivity contribution >= 4 is 81.9 Å². The minimum absolute atomic E-state index is 0.0270. The highest BCUT2D eigenvalue weighted by atomic mass is 16.4. The first-order valence-corrected chi connectivity index (χ1v) is 32.2. The van der Waals surface area contributed by atoms with Gasteiger partial charge in [0.15, 0.2) is 0 Å². The number of likely N-dealkylation sites (tertiary alicyclic amines) is 1. The molecule has 18 N–H and O–H groups in total. The second-order valence-electron chi connectivity index (χ2n) is 24.4. The monoisotopic (exact) mass is 1330 g/mol. The van der Waals surface area contributed by atoms with Crippen molar-refractivity contribution in [2.24, 2.45) is 23.1 Å². The van der Waals surface area contributed by atoms with E-state index in [0.717, 1.165) is 6.42 Å². The number of aromatic amines is 1. The molecule has 1 aliphatic rings. The predicted octanol–water partition coefficient (Wildman–Crippen LogP) is 0.751. The summed E-state index contributed by atoms with van der Waals surface area (Å²) in [6.45, 7) is 5.84. The summed E-state index contributed by atoms with van der Waals surface area (Å²) in [5, 5.41) is 51.5. The Balaban J connectivity index is 1.24. The molecule has 0 spiro atoms. The number of carbonyl (C=O) groups excluding carboxylic acids is 10. The first-order valence-electron chi connectivity index (χ1n) is 32.2. The van der Waals surface area contributed by atoms with Crippen LogP contribution in [0.1, 0.15) is 107 Å². The molecule has 4 aromatic carbocycles. The highest BCUT2D eigenvalue weighted by Gasteiger charge is 2.41. The maximum Gasteiger partial charge on any atom is 0.326 e. The summed E-state index contributed by atoms with van der Waals surface area (Å²) in [7, 11) is 0. The van der Waals surface area contributed by atoms with Crippen molar-refractivity contribution in [2.45, 2.75) is 171 Å². The Bertz CT molecular complexity index is 3500. The molecule has 1 aliphatic heterocycles. The molecule has 5 aromatic rings. The zero-order valence-electron chi connectivity index (χ0n) is 54.1. The number of nitrogens with two attached hydrogens (primary N) is 3. The number of hydrogen-bond acceptors (Lipinski definition) is 15. The van der Waals surface area contributed by atoms with Crippen molar-refractivity contribution in [3.8, 4) is 5.75 Å². The Hall–Kier alpha value is -10.2. The third-order valence-electron chi connectivity index (χ3n) is 16.3. The summed E-state index contributed by atoms with van der Waals surface area (Å²) in [4.78, 5) is 171. The van der Waals surface area contributed by atoms with Crippen LogP contribution in [0.2, 0.25) is 0 Å². The molecule has 0 bridgehead atoms. The van der Waals surface area contributed by atoms with Gasteiger partial charge in [0.25, 0.3) is 0 Å². The normalized spacial score (nSPS) is 15.6. The Morgan fingerprint density at radius 3 is 1.61 bits per heavy atom. The van der Waals surface area contributed by atoms with E-state index in [4.69, 9.17) is 17.2 Å². The third kappa shape index (κ3) is 23.1. The quantitative estimate of drug-likeness (QED) is 0.0259. The Labute approximate surface area is 555 Å². The summed E-state index contributed by atoms with van der Waals surface area (Å²) in [6, 6.07) is 15.3. The lowest BCUT2D eigenvalue weighted by Gasteiger charge is -2.31. The number of aromatic hydroxyl groups is 1. The first kappa shape index (κ1) is 74.8. The summed E-state index contributed by atoms with van der Waals surface area (Å²) < 4.78 is 0. The molecule has 0 radical (unpaired) electrons. The number of hydrogen-bond donors (Lipinski definition) is 15. The van der Waals surface area contributed by atoms with Crippen molar-refractivity contribution in [1.82, 2.24) is 52.4 Å². The summed E-state index contributed by atoms with van der Waals surface area (Å²) >= 11 is 0. The number of phenolic OH excluding ortho intramolecular Hbond substituents is 1. The van der Waals surface area contributed by atoms with E-state index in [1.54, 1.807) is 103 Å². The summed E-state index contributed by atoms with van der Waals surface area (Å²) in [5.41, 5.74) is 20.3. The van der Waals surface area contributed by atoms with Crippen LogP contribution in [0.5, 0.6) is 5.75 Å². The van der Waals surface area contributed by atoms with Gasteiger partial charge in [-0.3, -0.25) is 52.7 Å². The molecule has 0 saturated carbocycles. The van der Waals surface area contributed by atoms with E-state index in [-0.39, 0.29) is 69.7 Å². The highest BCUT2D eigenvalue weighted by Crippen LogP contribution is 2.23. The fraction of sp³-hybridized carbons (Fsp3) is 0.441. The van der Waals surface area contributed by atoms with Crippen molar-refractivity contribution in [3.05, 3.63) is 138 Å². The van der Waals surface area contributed by atoms with Crippen molar-refractivity contribution in [1.29, 1.82) is 0 Å². The lowest BCUT2D eigenvalue weighted by molar-refractivity contribution is -0.144. The standard InChI is InChI=1S/C68H89N13O15/c1-4-5-21-46(70)59(86)73-48(23-14-29-69)60(87)74-49(31-39(2)3)61(88)79-54(34-42-25-27-44(82)28-26-42)67(94)81-30-15-24-56(81)66(93)78-51(33-41-18-10-7-11-19-41)63(90)75-50(32-40-16-8-6-9-17-40)62(89)76-52(36-57(71)83)64(91)77-53(37-58(84)85)65(92)80-55(68(95)96)35-43-38-72-47-22-13-12-20-45(43)47/h6-13,16-20,22,25-28,38-39,46,48-56,72,82H,4-5,14-15,21,23-24,29-37,69-70H2,1-3H3,(H2,71,83)(H,73,86)(H,74,87)(H,75,90)(H,76,89)(H,77,91)(H,78,93)(H,79,88)(H,80,92)(H,84,85)(H,95,96)/t46-,48-,49-,50-,51-,52-,53-,54-,55-,56-/m0/s1. The van der Waals surface area contributed by atoms with Crippen LogP contribution in [-0.4, -0.2) is 170 Å². The highest BCUT2D eigenvalue weighted by molar-refractivity contribution is 6.00. The molecular formula is C68H89N13O15.